The van der Waals surface area contributed by atoms with Gasteiger partial charge in [0, 0.05) is 22.0 Å². The predicted molar refractivity (Wildman–Crippen MR) is 116 cm³/mol. The molecule has 0 unspecified atom stereocenters. The van der Waals surface area contributed by atoms with Crippen LogP contribution in [0.15, 0.2) is 46.9 Å². The maximum absolute atomic E-state index is 9.99. The van der Waals surface area contributed by atoms with E-state index in [0.29, 0.717) is 38.8 Å². The smallest absolute Gasteiger partial charge is 0.269 e. The number of halogens is 3. The lowest BCUT2D eigenvalue weighted by Gasteiger charge is -2.10. The zero-order chi connectivity index (χ0) is 21.3. The molecule has 0 N–H and O–H groups in total. The van der Waals surface area contributed by atoms with Gasteiger partial charge in [0.1, 0.15) is 11.6 Å². The molecule has 0 radical (unpaired) electrons. The molecule has 2 aromatic heterocycles. The molecule has 0 aliphatic carbocycles. The Morgan fingerprint density at radius 3 is 2.43 bits per heavy atom. The summed E-state index contributed by atoms with van der Waals surface area (Å²) in [6.45, 7) is 2.01. The maximum atomic E-state index is 9.99. The number of aromatic nitrogens is 4. The molecule has 150 valence electrons. The lowest BCUT2D eigenvalue weighted by Crippen LogP contribution is -2.00. The Labute approximate surface area is 187 Å². The van der Waals surface area contributed by atoms with Crippen LogP contribution in [0.2, 0.25) is 15.1 Å². The average molecular weight is 459 g/mol. The third-order valence-electron chi connectivity index (χ3n) is 4.39. The van der Waals surface area contributed by atoms with Crippen LogP contribution >= 0.6 is 34.8 Å². The van der Waals surface area contributed by atoms with E-state index in [4.69, 9.17) is 39.2 Å². The molecule has 0 bridgehead atoms. The third kappa shape index (κ3) is 3.80. The van der Waals surface area contributed by atoms with Crippen molar-refractivity contribution in [2.24, 2.45) is 0 Å². The van der Waals surface area contributed by atoms with Gasteiger partial charge >= 0.3 is 0 Å². The first kappa shape index (κ1) is 20.4. The lowest BCUT2D eigenvalue weighted by atomic mass is 10.1. The van der Waals surface area contributed by atoms with Gasteiger partial charge < -0.3 is 4.42 Å². The van der Waals surface area contributed by atoms with Gasteiger partial charge in [-0.25, -0.2) is 4.68 Å². The molecule has 0 spiro atoms. The number of aryl methyl sites for hydroxylation is 1. The van der Waals surface area contributed by atoms with Gasteiger partial charge in [-0.2, -0.15) is 10.4 Å². The first-order valence-corrected chi connectivity index (χ1v) is 10.2. The number of nitrogens with zero attached hydrogens (tertiary/aromatic N) is 5. The SMILES string of the molecule is CCCc1nnc(-c2nn(-c3ccc(Cl)cc3Cl)c(-c3ccc(Cl)cc3)c2C#N)o1. The summed E-state index contributed by atoms with van der Waals surface area (Å²) in [4.78, 5) is 0. The highest BCUT2D eigenvalue weighted by atomic mass is 35.5. The Balaban J connectivity index is 1.99. The predicted octanol–water partition coefficient (Wildman–Crippen LogP) is 6.37. The highest BCUT2D eigenvalue weighted by molar-refractivity contribution is 6.35. The van der Waals surface area contributed by atoms with Crippen LogP contribution in [0.4, 0.5) is 0 Å². The summed E-state index contributed by atoms with van der Waals surface area (Å²) in [6, 6.07) is 14.4. The molecular weight excluding hydrogens is 445 g/mol. The fraction of sp³-hybridized carbons (Fsp3) is 0.143. The molecule has 0 atom stereocenters. The lowest BCUT2D eigenvalue weighted by molar-refractivity contribution is 0.500. The van der Waals surface area contributed by atoms with Crippen LogP contribution in [0.1, 0.15) is 24.8 Å². The largest absolute Gasteiger partial charge is 0.419 e. The van der Waals surface area contributed by atoms with Gasteiger partial charge in [0.05, 0.1) is 16.4 Å². The van der Waals surface area contributed by atoms with Crippen molar-refractivity contribution >= 4 is 34.8 Å². The Morgan fingerprint density at radius 1 is 1.03 bits per heavy atom. The summed E-state index contributed by atoms with van der Waals surface area (Å²) in [5.74, 6) is 0.664. The fourth-order valence-electron chi connectivity index (χ4n) is 3.04. The molecule has 30 heavy (non-hydrogen) atoms. The highest BCUT2D eigenvalue weighted by Gasteiger charge is 2.26. The van der Waals surface area contributed by atoms with Gasteiger partial charge in [0.2, 0.25) is 5.89 Å². The molecular formula is C21H14Cl3N5O. The third-order valence-corrected chi connectivity index (χ3v) is 5.18. The maximum Gasteiger partial charge on any atom is 0.269 e. The molecule has 0 saturated carbocycles. The summed E-state index contributed by atoms with van der Waals surface area (Å²) in [7, 11) is 0. The molecule has 4 aromatic rings. The molecule has 2 aromatic carbocycles. The quantitative estimate of drug-likeness (QED) is 0.347. The molecule has 9 heteroatoms. The van der Waals surface area contributed by atoms with Crippen LogP contribution < -0.4 is 0 Å². The standard InChI is InChI=1S/C21H14Cl3N5O/c1-2-3-18-26-27-21(30-18)19-15(11-25)20(12-4-6-13(22)7-5-12)29(28-19)17-9-8-14(23)10-16(17)24/h4-10H,2-3H2,1H3. The van der Waals surface area contributed by atoms with E-state index in [1.165, 1.54) is 0 Å². The minimum Gasteiger partial charge on any atom is -0.419 e. The van der Waals surface area contributed by atoms with E-state index in [1.807, 2.05) is 6.92 Å². The van der Waals surface area contributed by atoms with Crippen molar-refractivity contribution in [2.75, 3.05) is 0 Å². The van der Waals surface area contributed by atoms with E-state index in [0.717, 1.165) is 12.0 Å². The molecule has 2 heterocycles. The van der Waals surface area contributed by atoms with Gasteiger partial charge in [-0.15, -0.1) is 10.2 Å². The molecule has 0 aliphatic heterocycles. The summed E-state index contributed by atoms with van der Waals surface area (Å²) >= 11 is 18.5. The molecule has 0 fully saturated rings. The van der Waals surface area contributed by atoms with Crippen molar-refractivity contribution in [2.45, 2.75) is 19.8 Å². The molecule has 6 nitrogen and oxygen atoms in total. The number of hydrogen-bond acceptors (Lipinski definition) is 5. The topological polar surface area (TPSA) is 80.5 Å². The summed E-state index contributed by atoms with van der Waals surface area (Å²) < 4.78 is 7.32. The monoisotopic (exact) mass is 457 g/mol. The van der Waals surface area contributed by atoms with Crippen molar-refractivity contribution in [3.63, 3.8) is 0 Å². The van der Waals surface area contributed by atoms with Crippen LogP contribution in [0.25, 0.3) is 28.5 Å². The minimum atomic E-state index is 0.175. The Kier molecular flexibility index (Phi) is 5.78. The normalized spacial score (nSPS) is 10.9. The van der Waals surface area contributed by atoms with Gasteiger partial charge in [-0.3, -0.25) is 0 Å². The van der Waals surface area contributed by atoms with Gasteiger partial charge in [-0.05, 0) is 36.8 Å². The fourth-order valence-corrected chi connectivity index (χ4v) is 3.65. The van der Waals surface area contributed by atoms with Crippen LogP contribution in [-0.4, -0.2) is 20.0 Å². The summed E-state index contributed by atoms with van der Waals surface area (Å²) in [5, 5.41) is 24.2. The van der Waals surface area contributed by atoms with Crippen molar-refractivity contribution in [1.29, 1.82) is 5.26 Å². The van der Waals surface area contributed by atoms with Crippen molar-refractivity contribution in [3.8, 4) is 34.6 Å². The second-order valence-corrected chi connectivity index (χ2v) is 7.73. The van der Waals surface area contributed by atoms with Gasteiger partial charge in [0.15, 0.2) is 5.69 Å². The zero-order valence-electron chi connectivity index (χ0n) is 15.7. The van der Waals surface area contributed by atoms with Crippen LogP contribution in [0, 0.1) is 11.3 Å². The minimum absolute atomic E-state index is 0.175. The van der Waals surface area contributed by atoms with Crippen LogP contribution in [0.5, 0.6) is 0 Å². The highest BCUT2D eigenvalue weighted by Crippen LogP contribution is 2.36. The number of nitriles is 1. The Bertz CT molecular complexity index is 1250. The van der Waals surface area contributed by atoms with E-state index < -0.39 is 0 Å². The number of rotatable bonds is 5. The molecule has 0 aliphatic rings. The second kappa shape index (κ2) is 8.49. The van der Waals surface area contributed by atoms with E-state index in [1.54, 1.807) is 47.1 Å². The summed E-state index contributed by atoms with van der Waals surface area (Å²) in [5.41, 5.74) is 2.39. The summed E-state index contributed by atoms with van der Waals surface area (Å²) in [6.07, 6.45) is 1.50. The van der Waals surface area contributed by atoms with Crippen LogP contribution in [-0.2, 0) is 6.42 Å². The van der Waals surface area contributed by atoms with E-state index in [-0.39, 0.29) is 17.1 Å². The van der Waals surface area contributed by atoms with E-state index in [2.05, 4.69) is 21.4 Å². The number of benzene rings is 2. The second-order valence-electron chi connectivity index (χ2n) is 6.45. The van der Waals surface area contributed by atoms with Crippen molar-refractivity contribution in [1.82, 2.24) is 20.0 Å². The van der Waals surface area contributed by atoms with E-state index >= 15 is 0 Å². The molecule has 0 saturated heterocycles. The Hall–Kier alpha value is -2.85. The first-order chi connectivity index (χ1) is 14.5. The molecule has 4 rings (SSSR count). The molecule has 0 amide bonds. The first-order valence-electron chi connectivity index (χ1n) is 9.09. The van der Waals surface area contributed by atoms with E-state index in [9.17, 15) is 5.26 Å². The van der Waals surface area contributed by atoms with Crippen LogP contribution in [0.3, 0.4) is 0 Å². The van der Waals surface area contributed by atoms with Gasteiger partial charge in [0.25, 0.3) is 5.89 Å². The number of hydrogen-bond donors (Lipinski definition) is 0. The van der Waals surface area contributed by atoms with Crippen molar-refractivity contribution in [3.05, 3.63) is 69.0 Å². The van der Waals surface area contributed by atoms with Gasteiger partial charge in [-0.1, -0.05) is 53.9 Å². The Morgan fingerprint density at radius 2 is 1.77 bits per heavy atom. The van der Waals surface area contributed by atoms with Crippen molar-refractivity contribution < 1.29 is 4.42 Å². The average Bonchev–Trinajstić information content (AvgIpc) is 3.33. The zero-order valence-corrected chi connectivity index (χ0v) is 18.0.